The van der Waals surface area contributed by atoms with Crippen LogP contribution in [0.2, 0.25) is 0 Å². The Morgan fingerprint density at radius 1 is 0.941 bits per heavy atom. The molecule has 176 valence electrons. The Morgan fingerprint density at radius 3 is 2.32 bits per heavy atom. The van der Waals surface area contributed by atoms with Gasteiger partial charge in [-0.1, -0.05) is 36.6 Å². The van der Waals surface area contributed by atoms with E-state index in [1.165, 1.54) is 6.42 Å². The van der Waals surface area contributed by atoms with Gasteiger partial charge < -0.3 is 15.2 Å². The van der Waals surface area contributed by atoms with E-state index in [2.05, 4.69) is 15.8 Å². The van der Waals surface area contributed by atoms with E-state index in [0.29, 0.717) is 11.3 Å². The second kappa shape index (κ2) is 10.8. The molecule has 1 saturated carbocycles. The maximum Gasteiger partial charge on any atom is 0.274 e. The smallest absolute Gasteiger partial charge is 0.274 e. The van der Waals surface area contributed by atoms with E-state index in [0.717, 1.165) is 42.5 Å². The molecule has 34 heavy (non-hydrogen) atoms. The molecule has 1 fully saturated rings. The minimum absolute atomic E-state index is 0.0670. The Bertz CT molecular complexity index is 1150. The summed E-state index contributed by atoms with van der Waals surface area (Å²) >= 11 is 0. The van der Waals surface area contributed by atoms with Gasteiger partial charge in [0.25, 0.3) is 11.8 Å². The number of benzene rings is 2. The number of nitrogens with zero attached hydrogens (tertiary/aromatic N) is 1. The van der Waals surface area contributed by atoms with Crippen LogP contribution in [0, 0.1) is 5.92 Å². The maximum absolute atomic E-state index is 12.4. The van der Waals surface area contributed by atoms with Crippen LogP contribution in [0.25, 0.3) is 11.3 Å². The Labute approximate surface area is 196 Å². The van der Waals surface area contributed by atoms with Gasteiger partial charge in [-0.2, -0.15) is 0 Å². The molecule has 3 amide bonds. The van der Waals surface area contributed by atoms with Crippen molar-refractivity contribution in [2.75, 3.05) is 5.32 Å². The first-order chi connectivity index (χ1) is 16.5. The van der Waals surface area contributed by atoms with Gasteiger partial charge in [0.1, 0.15) is 0 Å². The molecule has 1 aliphatic rings. The quantitative estimate of drug-likeness (QED) is 0.311. The first kappa shape index (κ1) is 23.2. The maximum atomic E-state index is 12.4. The summed E-state index contributed by atoms with van der Waals surface area (Å²) in [5.41, 5.74) is 4.24. The normalized spacial score (nSPS) is 13.8. The van der Waals surface area contributed by atoms with Gasteiger partial charge in [-0.3, -0.25) is 19.6 Å². The summed E-state index contributed by atoms with van der Waals surface area (Å²) in [6.07, 6.45) is 5.30. The highest BCUT2D eigenvalue weighted by Gasteiger charge is 2.21. The molecule has 4 N–H and O–H groups in total. The molecule has 1 aromatic heterocycles. The number of hydrogen-bond acceptors (Lipinski definition) is 6. The number of anilines is 1. The van der Waals surface area contributed by atoms with E-state index in [9.17, 15) is 14.4 Å². The van der Waals surface area contributed by atoms with Crippen LogP contribution < -0.4 is 16.1 Å². The number of carbonyl (C=O) groups is 3. The Kier molecular flexibility index (Phi) is 7.34. The summed E-state index contributed by atoms with van der Waals surface area (Å²) in [6.45, 7) is 0.234. The number of aromatic nitrogens is 1. The monoisotopic (exact) mass is 462 g/mol. The van der Waals surface area contributed by atoms with E-state index in [4.69, 9.17) is 9.73 Å². The van der Waals surface area contributed by atoms with Gasteiger partial charge in [0, 0.05) is 35.3 Å². The highest BCUT2D eigenvalue weighted by Crippen LogP contribution is 2.26. The van der Waals surface area contributed by atoms with E-state index >= 15 is 0 Å². The molecule has 9 heteroatoms. The Morgan fingerprint density at radius 2 is 1.65 bits per heavy atom. The molecule has 0 unspecified atom stereocenters. The molecule has 0 spiro atoms. The predicted octanol–water partition coefficient (Wildman–Crippen LogP) is 3.91. The molecule has 4 rings (SSSR count). The van der Waals surface area contributed by atoms with Gasteiger partial charge in [-0.05, 0) is 54.8 Å². The largest absolute Gasteiger partial charge is 0.355 e. The van der Waals surface area contributed by atoms with Gasteiger partial charge in [-0.25, -0.2) is 5.48 Å². The molecule has 1 heterocycles. The van der Waals surface area contributed by atoms with Crippen LogP contribution in [-0.2, 0) is 11.3 Å². The first-order valence-corrected chi connectivity index (χ1v) is 11.2. The van der Waals surface area contributed by atoms with Crippen molar-refractivity contribution in [3.63, 3.8) is 0 Å². The van der Waals surface area contributed by atoms with Gasteiger partial charge >= 0.3 is 0 Å². The van der Waals surface area contributed by atoms with Crippen LogP contribution in [0.4, 0.5) is 5.69 Å². The van der Waals surface area contributed by atoms with Crippen molar-refractivity contribution >= 4 is 23.4 Å². The summed E-state index contributed by atoms with van der Waals surface area (Å²) in [4.78, 5) is 36.2. The number of rotatable bonds is 7. The van der Waals surface area contributed by atoms with Crippen molar-refractivity contribution in [3.05, 3.63) is 71.4 Å². The van der Waals surface area contributed by atoms with E-state index in [1.54, 1.807) is 47.9 Å². The summed E-state index contributed by atoms with van der Waals surface area (Å²) in [7, 11) is 0. The minimum Gasteiger partial charge on any atom is -0.355 e. The number of hydroxylamine groups is 1. The highest BCUT2D eigenvalue weighted by atomic mass is 16.5. The molecular weight excluding hydrogens is 436 g/mol. The standard InChI is InChI=1S/C25H26N4O5/c30-23(18-4-2-1-3-5-18)27-20-12-10-17(11-13-20)22-14-21(29-34-22)25(32)26-15-16-6-8-19(9-7-16)24(31)28-33/h6-14,18,33H,1-5,15H2,(H,26,32)(H,27,30)(H,28,31). The minimum atomic E-state index is -0.606. The Hall–Kier alpha value is -3.98. The van der Waals surface area contributed by atoms with E-state index in [1.807, 2.05) is 12.1 Å². The molecule has 1 aliphatic carbocycles. The highest BCUT2D eigenvalue weighted by molar-refractivity contribution is 5.94. The summed E-state index contributed by atoms with van der Waals surface area (Å²) in [5.74, 6) is -0.414. The number of amides is 3. The third-order valence-electron chi connectivity index (χ3n) is 5.93. The number of nitrogens with one attached hydrogen (secondary N) is 3. The van der Waals surface area contributed by atoms with Crippen LogP contribution >= 0.6 is 0 Å². The molecular formula is C25H26N4O5. The molecule has 0 radical (unpaired) electrons. The third-order valence-corrected chi connectivity index (χ3v) is 5.93. The summed E-state index contributed by atoms with van der Waals surface area (Å²) in [6, 6.07) is 15.2. The first-order valence-electron chi connectivity index (χ1n) is 11.2. The lowest BCUT2D eigenvalue weighted by Crippen LogP contribution is -2.24. The molecule has 3 aromatic rings. The molecule has 9 nitrogen and oxygen atoms in total. The van der Waals surface area contributed by atoms with Crippen LogP contribution in [-0.4, -0.2) is 28.1 Å². The van der Waals surface area contributed by atoms with Crippen LogP contribution in [0.1, 0.15) is 58.5 Å². The fraction of sp³-hybridized carbons (Fsp3) is 0.280. The van der Waals surface area contributed by atoms with Crippen molar-refractivity contribution in [2.24, 2.45) is 5.92 Å². The van der Waals surface area contributed by atoms with Crippen LogP contribution in [0.3, 0.4) is 0 Å². The number of carbonyl (C=O) groups excluding carboxylic acids is 3. The van der Waals surface area contributed by atoms with Crippen molar-refractivity contribution in [3.8, 4) is 11.3 Å². The lowest BCUT2D eigenvalue weighted by molar-refractivity contribution is -0.120. The van der Waals surface area contributed by atoms with Crippen LogP contribution in [0.5, 0.6) is 0 Å². The van der Waals surface area contributed by atoms with Crippen molar-refractivity contribution < 1.29 is 24.1 Å². The van der Waals surface area contributed by atoms with E-state index in [-0.39, 0.29) is 24.1 Å². The van der Waals surface area contributed by atoms with Crippen molar-refractivity contribution in [1.82, 2.24) is 16.0 Å². The van der Waals surface area contributed by atoms with E-state index < -0.39 is 11.8 Å². The fourth-order valence-electron chi connectivity index (χ4n) is 3.96. The van der Waals surface area contributed by atoms with Gasteiger partial charge in [0.2, 0.25) is 5.91 Å². The zero-order valence-electron chi connectivity index (χ0n) is 18.5. The Balaban J connectivity index is 1.32. The molecule has 0 aliphatic heterocycles. The zero-order valence-corrected chi connectivity index (χ0v) is 18.5. The average Bonchev–Trinajstić information content (AvgIpc) is 3.38. The van der Waals surface area contributed by atoms with Crippen molar-refractivity contribution in [1.29, 1.82) is 0 Å². The lowest BCUT2D eigenvalue weighted by atomic mass is 9.88. The van der Waals surface area contributed by atoms with Gasteiger partial charge in [0.15, 0.2) is 11.5 Å². The number of hydrogen-bond donors (Lipinski definition) is 4. The fourth-order valence-corrected chi connectivity index (χ4v) is 3.96. The van der Waals surface area contributed by atoms with Crippen molar-refractivity contribution in [2.45, 2.75) is 38.6 Å². The predicted molar refractivity (Wildman–Crippen MR) is 124 cm³/mol. The van der Waals surface area contributed by atoms with Gasteiger partial charge in [0.05, 0.1) is 0 Å². The topological polar surface area (TPSA) is 134 Å². The molecule has 0 bridgehead atoms. The lowest BCUT2D eigenvalue weighted by Gasteiger charge is -2.20. The van der Waals surface area contributed by atoms with Crippen LogP contribution in [0.15, 0.2) is 59.1 Å². The molecule has 0 atom stereocenters. The SMILES string of the molecule is O=C(NO)c1ccc(CNC(=O)c2cc(-c3ccc(NC(=O)C4CCCCC4)cc3)on2)cc1. The summed E-state index contributed by atoms with van der Waals surface area (Å²) in [5, 5.41) is 18.2. The molecule has 0 saturated heterocycles. The molecule has 2 aromatic carbocycles. The summed E-state index contributed by atoms with van der Waals surface area (Å²) < 4.78 is 5.33. The second-order valence-corrected chi connectivity index (χ2v) is 8.30. The zero-order chi connectivity index (χ0) is 23.9. The second-order valence-electron chi connectivity index (χ2n) is 8.30. The third kappa shape index (κ3) is 5.68. The van der Waals surface area contributed by atoms with Gasteiger partial charge in [-0.15, -0.1) is 0 Å². The average molecular weight is 463 g/mol.